The lowest BCUT2D eigenvalue weighted by Crippen LogP contribution is -2.23. The number of pyridine rings is 1. The first-order valence-electron chi connectivity index (χ1n) is 15.2. The number of hydrogen-bond donors (Lipinski definition) is 3. The Hall–Kier alpha value is -4.35. The largest absolute Gasteiger partial charge is 0.482 e. The lowest BCUT2D eigenvalue weighted by Gasteiger charge is -2.12. The van der Waals surface area contributed by atoms with Gasteiger partial charge in [-0.15, -0.1) is 11.3 Å². The molecule has 6 aromatic rings. The highest BCUT2D eigenvalue weighted by Gasteiger charge is 2.25. The summed E-state index contributed by atoms with van der Waals surface area (Å²) in [6.45, 7) is 0.825. The van der Waals surface area contributed by atoms with Gasteiger partial charge in [-0.1, -0.05) is 52.6 Å². The van der Waals surface area contributed by atoms with E-state index in [9.17, 15) is 21.9 Å². The van der Waals surface area contributed by atoms with Crippen LogP contribution < -0.4 is 14.8 Å². The number of halogens is 2. The van der Waals surface area contributed by atoms with Gasteiger partial charge in [-0.2, -0.15) is 4.98 Å². The van der Waals surface area contributed by atoms with Crippen molar-refractivity contribution in [3.8, 4) is 17.1 Å². The van der Waals surface area contributed by atoms with Gasteiger partial charge in [0.1, 0.15) is 15.0 Å². The monoisotopic (exact) mass is 785 g/mol. The van der Waals surface area contributed by atoms with E-state index in [0.717, 1.165) is 22.5 Å². The number of nitrogens with one attached hydrogen (secondary N) is 2. The van der Waals surface area contributed by atoms with Crippen molar-refractivity contribution >= 4 is 60.1 Å². The van der Waals surface area contributed by atoms with E-state index in [4.69, 9.17) is 32.5 Å². The Morgan fingerprint density at radius 2 is 1.71 bits per heavy atom. The highest BCUT2D eigenvalue weighted by atomic mass is 35.5. The maximum absolute atomic E-state index is 13.1. The van der Waals surface area contributed by atoms with Gasteiger partial charge in [0.2, 0.25) is 15.7 Å². The fourth-order valence-electron chi connectivity index (χ4n) is 4.83. The zero-order valence-corrected chi connectivity index (χ0v) is 30.4. The summed E-state index contributed by atoms with van der Waals surface area (Å²) in [5.74, 6) is 0.407. The van der Waals surface area contributed by atoms with Crippen LogP contribution in [0.1, 0.15) is 23.1 Å². The number of aliphatic hydroxyl groups is 1. The molecule has 0 saturated carbocycles. The molecule has 0 saturated heterocycles. The lowest BCUT2D eigenvalue weighted by molar-refractivity contribution is 0.174. The molecule has 3 aromatic carbocycles. The Labute approximate surface area is 308 Å². The number of aliphatic hydroxyl groups excluding tert-OH is 1. The molecule has 12 nitrogen and oxygen atoms in total. The van der Waals surface area contributed by atoms with E-state index in [-0.39, 0.29) is 48.1 Å². The Morgan fingerprint density at radius 3 is 2.41 bits per heavy atom. The fraction of sp³-hybridized carbons (Fsp3) is 0.147. The molecule has 1 atom stereocenters. The van der Waals surface area contributed by atoms with Crippen LogP contribution >= 0.6 is 34.5 Å². The molecule has 0 bridgehead atoms. The minimum atomic E-state index is -3.89. The predicted molar refractivity (Wildman–Crippen MR) is 193 cm³/mol. The first kappa shape index (κ1) is 36.4. The van der Waals surface area contributed by atoms with Crippen LogP contribution in [0.2, 0.25) is 10.0 Å². The van der Waals surface area contributed by atoms with Crippen molar-refractivity contribution in [3.63, 3.8) is 0 Å². The van der Waals surface area contributed by atoms with Gasteiger partial charge in [0.25, 0.3) is 15.9 Å². The van der Waals surface area contributed by atoms with E-state index in [2.05, 4.69) is 25.2 Å². The fourth-order valence-corrected chi connectivity index (χ4v) is 9.07. The molecular formula is C34H29Cl2N5O7S3. The highest BCUT2D eigenvalue weighted by molar-refractivity contribution is 7.93. The number of sulfonamides is 1. The summed E-state index contributed by atoms with van der Waals surface area (Å²) in [4.78, 5) is 8.21. The van der Waals surface area contributed by atoms with Crippen molar-refractivity contribution < 1.29 is 31.2 Å². The van der Waals surface area contributed by atoms with Gasteiger partial charge in [0.15, 0.2) is 6.61 Å². The first-order chi connectivity index (χ1) is 24.5. The number of rotatable bonds is 15. The Kier molecular flexibility index (Phi) is 11.4. The predicted octanol–water partition coefficient (Wildman–Crippen LogP) is 6.58. The first-order valence-corrected chi connectivity index (χ1v) is 19.8. The lowest BCUT2D eigenvalue weighted by atomic mass is 10.1. The summed E-state index contributed by atoms with van der Waals surface area (Å²) in [6.07, 6.45) is 3.32. The van der Waals surface area contributed by atoms with Gasteiger partial charge in [-0.3, -0.25) is 9.71 Å². The molecule has 0 spiro atoms. The Balaban J connectivity index is 1.01. The van der Waals surface area contributed by atoms with Crippen LogP contribution in [0, 0.1) is 0 Å². The molecule has 0 aliphatic carbocycles. The second-order valence-electron chi connectivity index (χ2n) is 11.0. The third-order valence-corrected chi connectivity index (χ3v) is 13.1. The Bertz CT molecular complexity index is 2310. The molecule has 17 heteroatoms. The number of thiophene rings is 1. The normalized spacial score (nSPS) is 12.5. The molecule has 3 heterocycles. The second kappa shape index (κ2) is 15.9. The van der Waals surface area contributed by atoms with E-state index in [1.807, 2.05) is 18.2 Å². The summed E-state index contributed by atoms with van der Waals surface area (Å²) in [7, 11) is -7.74. The molecule has 0 fully saturated rings. The van der Waals surface area contributed by atoms with E-state index >= 15 is 0 Å². The van der Waals surface area contributed by atoms with E-state index in [0.29, 0.717) is 30.8 Å². The minimum absolute atomic E-state index is 0.0369. The molecule has 1 unspecified atom stereocenters. The summed E-state index contributed by atoms with van der Waals surface area (Å²) < 4.78 is 65.6. The van der Waals surface area contributed by atoms with Crippen LogP contribution in [-0.2, 0) is 32.9 Å². The molecule has 0 aliphatic rings. The van der Waals surface area contributed by atoms with Crippen molar-refractivity contribution in [2.24, 2.45) is 0 Å². The molecular weight excluding hydrogens is 758 g/mol. The molecule has 0 radical (unpaired) electrons. The number of hydrogen-bond acceptors (Lipinski definition) is 12. The van der Waals surface area contributed by atoms with Crippen LogP contribution in [-0.4, -0.2) is 50.2 Å². The number of sulfone groups is 1. The maximum Gasteiger partial charge on any atom is 0.264 e. The van der Waals surface area contributed by atoms with Crippen LogP contribution in [0.5, 0.6) is 5.75 Å². The topological polar surface area (TPSA) is 174 Å². The summed E-state index contributed by atoms with van der Waals surface area (Å²) in [5.41, 5.74) is 2.65. The zero-order chi connectivity index (χ0) is 36.0. The van der Waals surface area contributed by atoms with Gasteiger partial charge >= 0.3 is 0 Å². The van der Waals surface area contributed by atoms with Crippen molar-refractivity contribution in [1.29, 1.82) is 0 Å². The molecule has 3 N–H and O–H groups in total. The van der Waals surface area contributed by atoms with E-state index in [1.54, 1.807) is 54.2 Å². The molecule has 0 aliphatic heterocycles. The molecule has 0 amide bonds. The van der Waals surface area contributed by atoms with Gasteiger partial charge in [-0.25, -0.2) is 16.8 Å². The average molecular weight is 787 g/mol. The molecule has 3 aromatic heterocycles. The average Bonchev–Trinajstić information content (AvgIpc) is 3.86. The number of ether oxygens (including phenoxy) is 1. The SMILES string of the molecule is O=S(=O)(Nc1ccc(CCNCC(O)c2cccnc2)cc1)c1ccc(-c2noc(COc3ccc(S(=O)(=O)c4cccs4)c(Cl)c3Cl)n2)cc1. The van der Waals surface area contributed by atoms with Crippen molar-refractivity contribution in [2.75, 3.05) is 17.8 Å². The minimum Gasteiger partial charge on any atom is -0.482 e. The second-order valence-corrected chi connectivity index (χ2v) is 16.5. The maximum atomic E-state index is 13.1. The number of anilines is 1. The smallest absolute Gasteiger partial charge is 0.264 e. The zero-order valence-electron chi connectivity index (χ0n) is 26.4. The number of nitrogens with zero attached hydrogens (tertiary/aromatic N) is 3. The molecule has 264 valence electrons. The molecule has 51 heavy (non-hydrogen) atoms. The summed E-state index contributed by atoms with van der Waals surface area (Å²) in [5, 5.41) is 18.8. The Morgan fingerprint density at radius 1 is 0.922 bits per heavy atom. The highest BCUT2D eigenvalue weighted by Crippen LogP contribution is 2.40. The van der Waals surface area contributed by atoms with Crippen LogP contribution in [0.15, 0.2) is 121 Å². The van der Waals surface area contributed by atoms with E-state index < -0.39 is 26.0 Å². The van der Waals surface area contributed by atoms with Crippen molar-refractivity contribution in [3.05, 3.63) is 130 Å². The number of aromatic nitrogens is 3. The van der Waals surface area contributed by atoms with Crippen molar-refractivity contribution in [2.45, 2.75) is 33.1 Å². The molecule has 6 rings (SSSR count). The van der Waals surface area contributed by atoms with Crippen LogP contribution in [0.3, 0.4) is 0 Å². The van der Waals surface area contributed by atoms with Gasteiger partial charge < -0.3 is 19.7 Å². The van der Waals surface area contributed by atoms with E-state index in [1.165, 1.54) is 30.3 Å². The number of benzene rings is 3. The summed E-state index contributed by atoms with van der Waals surface area (Å²) in [6, 6.07) is 22.4. The van der Waals surface area contributed by atoms with Gasteiger partial charge in [0.05, 0.1) is 20.9 Å². The van der Waals surface area contributed by atoms with Crippen molar-refractivity contribution in [1.82, 2.24) is 20.4 Å². The third kappa shape index (κ3) is 8.76. The quantitative estimate of drug-likeness (QED) is 0.0961. The summed E-state index contributed by atoms with van der Waals surface area (Å²) >= 11 is 13.7. The van der Waals surface area contributed by atoms with Crippen LogP contribution in [0.25, 0.3) is 11.4 Å². The van der Waals surface area contributed by atoms with Crippen LogP contribution in [0.4, 0.5) is 5.69 Å². The van der Waals surface area contributed by atoms with Gasteiger partial charge in [0, 0.05) is 35.8 Å². The standard InChI is InChI=1S/C34H29Cl2N5O7S3/c35-32-28(13-14-29(33(32)36)50(43,44)31-4-2-18-49-31)47-21-30-39-34(40-48-30)23-7-11-26(12-8-23)51(45,46)41-25-9-5-22(6-10-25)15-17-38-20-27(42)24-3-1-16-37-19-24/h1-14,16,18-19,27,38,41-42H,15,17,20-21H2. The van der Waals surface area contributed by atoms with Gasteiger partial charge in [-0.05, 0) is 84.6 Å². The third-order valence-electron chi connectivity index (χ3n) is 7.51.